The van der Waals surface area contributed by atoms with Crippen molar-refractivity contribution in [2.75, 3.05) is 33.9 Å². The summed E-state index contributed by atoms with van der Waals surface area (Å²) in [5.74, 6) is 0. The van der Waals surface area contributed by atoms with Crippen LogP contribution in [0.4, 0.5) is 0 Å². The highest BCUT2D eigenvalue weighted by atomic mass is 16.5. The molecule has 0 spiro atoms. The van der Waals surface area contributed by atoms with E-state index in [0.29, 0.717) is 6.61 Å². The van der Waals surface area contributed by atoms with Gasteiger partial charge in [-0.25, -0.2) is 0 Å². The Labute approximate surface area is 55.6 Å². The van der Waals surface area contributed by atoms with Crippen molar-refractivity contribution in [3.63, 3.8) is 0 Å². The first kappa shape index (κ1) is 8.59. The molecule has 0 fully saturated rings. The van der Waals surface area contributed by atoms with Crippen LogP contribution in [-0.2, 0) is 9.53 Å². The van der Waals surface area contributed by atoms with Gasteiger partial charge in [0.05, 0.1) is 6.61 Å². The Morgan fingerprint density at radius 1 is 1.56 bits per heavy atom. The van der Waals surface area contributed by atoms with Gasteiger partial charge in [-0.1, -0.05) is 0 Å². The lowest BCUT2D eigenvalue weighted by Gasteiger charge is -2.07. The second-order valence-corrected chi connectivity index (χ2v) is 2.00. The standard InChI is InChI=1S/C6H12NO2/c1-7(2)3-5-9-6-4-8/h3,5-6H2,1-2H3. The van der Waals surface area contributed by atoms with E-state index in [1.807, 2.05) is 19.0 Å². The van der Waals surface area contributed by atoms with Crippen LogP contribution in [-0.4, -0.2) is 45.0 Å². The summed E-state index contributed by atoms with van der Waals surface area (Å²) in [6.07, 6.45) is 1.65. The molecular formula is C6H12NO2. The number of rotatable bonds is 5. The minimum atomic E-state index is 0.0911. The maximum Gasteiger partial charge on any atom is 0.226 e. The minimum absolute atomic E-state index is 0.0911. The summed E-state index contributed by atoms with van der Waals surface area (Å²) in [7, 11) is 3.90. The lowest BCUT2D eigenvalue weighted by atomic mass is 10.6. The van der Waals surface area contributed by atoms with E-state index < -0.39 is 0 Å². The summed E-state index contributed by atoms with van der Waals surface area (Å²) in [4.78, 5) is 11.6. The van der Waals surface area contributed by atoms with Gasteiger partial charge in [0.15, 0.2) is 0 Å². The SMILES string of the molecule is CN(C)CCOC[C]=O. The predicted molar refractivity (Wildman–Crippen MR) is 35.1 cm³/mol. The Morgan fingerprint density at radius 3 is 2.67 bits per heavy atom. The summed E-state index contributed by atoms with van der Waals surface area (Å²) in [6, 6.07) is 0. The Bertz CT molecular complexity index is 73.5. The van der Waals surface area contributed by atoms with Crippen molar-refractivity contribution in [2.45, 2.75) is 0 Å². The third kappa shape index (κ3) is 7.59. The fourth-order valence-electron chi connectivity index (χ4n) is 0.361. The van der Waals surface area contributed by atoms with Crippen molar-refractivity contribution >= 4 is 6.29 Å². The van der Waals surface area contributed by atoms with Crippen LogP contribution in [0.2, 0.25) is 0 Å². The monoisotopic (exact) mass is 130 g/mol. The van der Waals surface area contributed by atoms with E-state index in [9.17, 15) is 4.79 Å². The van der Waals surface area contributed by atoms with E-state index in [4.69, 9.17) is 4.74 Å². The van der Waals surface area contributed by atoms with Crippen LogP contribution >= 0.6 is 0 Å². The first-order chi connectivity index (χ1) is 4.27. The van der Waals surface area contributed by atoms with Gasteiger partial charge in [-0.2, -0.15) is 0 Å². The number of carbonyl (C=O) groups excluding carboxylic acids is 1. The molecule has 0 aromatic heterocycles. The molecule has 0 aromatic rings. The van der Waals surface area contributed by atoms with Gasteiger partial charge in [0.1, 0.15) is 6.61 Å². The number of ether oxygens (including phenoxy) is 1. The molecule has 9 heavy (non-hydrogen) atoms. The molecule has 0 amide bonds. The second-order valence-electron chi connectivity index (χ2n) is 2.00. The highest BCUT2D eigenvalue weighted by molar-refractivity contribution is 5.51. The van der Waals surface area contributed by atoms with Crippen molar-refractivity contribution in [1.29, 1.82) is 0 Å². The van der Waals surface area contributed by atoms with Gasteiger partial charge in [-0.05, 0) is 14.1 Å². The average molecular weight is 130 g/mol. The lowest BCUT2D eigenvalue weighted by Crippen LogP contribution is -2.18. The normalized spacial score (nSPS) is 10.1. The summed E-state index contributed by atoms with van der Waals surface area (Å²) in [5.41, 5.74) is 0. The van der Waals surface area contributed by atoms with Gasteiger partial charge in [-0.3, -0.25) is 4.79 Å². The number of nitrogens with zero attached hydrogens (tertiary/aromatic N) is 1. The van der Waals surface area contributed by atoms with Crippen molar-refractivity contribution in [2.24, 2.45) is 0 Å². The maximum absolute atomic E-state index is 9.59. The zero-order chi connectivity index (χ0) is 7.11. The molecule has 3 nitrogen and oxygen atoms in total. The summed E-state index contributed by atoms with van der Waals surface area (Å²) in [6.45, 7) is 1.54. The smallest absolute Gasteiger partial charge is 0.226 e. The highest BCUT2D eigenvalue weighted by Crippen LogP contribution is 1.75. The molecule has 0 bridgehead atoms. The van der Waals surface area contributed by atoms with Crippen LogP contribution in [0.25, 0.3) is 0 Å². The molecule has 3 heteroatoms. The summed E-state index contributed by atoms with van der Waals surface area (Å²) < 4.78 is 4.83. The van der Waals surface area contributed by atoms with Crippen LogP contribution in [0.5, 0.6) is 0 Å². The lowest BCUT2D eigenvalue weighted by molar-refractivity contribution is 0.148. The Kier molecular flexibility index (Phi) is 5.46. The number of likely N-dealkylation sites (N-methyl/N-ethyl adjacent to an activating group) is 1. The zero-order valence-electron chi connectivity index (χ0n) is 5.89. The fourth-order valence-corrected chi connectivity index (χ4v) is 0.361. The van der Waals surface area contributed by atoms with Crippen LogP contribution in [0, 0.1) is 0 Å². The quantitative estimate of drug-likeness (QED) is 0.477. The largest absolute Gasteiger partial charge is 0.372 e. The molecule has 0 heterocycles. The third-order valence-electron chi connectivity index (χ3n) is 0.844. The van der Waals surface area contributed by atoms with Crippen molar-refractivity contribution in [1.82, 2.24) is 4.90 Å². The molecule has 0 saturated heterocycles. The van der Waals surface area contributed by atoms with E-state index in [-0.39, 0.29) is 6.61 Å². The third-order valence-corrected chi connectivity index (χ3v) is 0.844. The molecule has 0 aliphatic rings. The van der Waals surface area contributed by atoms with Gasteiger partial charge < -0.3 is 9.64 Å². The van der Waals surface area contributed by atoms with Crippen LogP contribution in [0.3, 0.4) is 0 Å². The predicted octanol–water partition coefficient (Wildman–Crippen LogP) is -0.326. The maximum atomic E-state index is 9.59. The van der Waals surface area contributed by atoms with Gasteiger partial charge in [0.2, 0.25) is 6.29 Å². The van der Waals surface area contributed by atoms with Crippen molar-refractivity contribution in [3.05, 3.63) is 0 Å². The Balaban J connectivity index is 2.82. The zero-order valence-corrected chi connectivity index (χ0v) is 5.89. The van der Waals surface area contributed by atoms with Gasteiger partial charge in [0.25, 0.3) is 0 Å². The number of hydrogen-bond donors (Lipinski definition) is 0. The molecule has 0 rings (SSSR count). The summed E-state index contributed by atoms with van der Waals surface area (Å²) >= 11 is 0. The van der Waals surface area contributed by atoms with Gasteiger partial charge in [-0.15, -0.1) is 0 Å². The fraction of sp³-hybridized carbons (Fsp3) is 0.833. The molecule has 0 N–H and O–H groups in total. The van der Waals surface area contributed by atoms with Gasteiger partial charge in [0, 0.05) is 6.54 Å². The van der Waals surface area contributed by atoms with E-state index in [0.717, 1.165) is 6.54 Å². The average Bonchev–Trinajstić information content (AvgIpc) is 1.80. The second kappa shape index (κ2) is 5.72. The molecule has 0 aliphatic carbocycles. The van der Waals surface area contributed by atoms with Crippen LogP contribution in [0.15, 0.2) is 0 Å². The van der Waals surface area contributed by atoms with Crippen LogP contribution < -0.4 is 0 Å². The first-order valence-electron chi connectivity index (χ1n) is 2.85. The molecule has 0 saturated carbocycles. The molecule has 0 atom stereocenters. The van der Waals surface area contributed by atoms with E-state index in [1.54, 1.807) is 6.29 Å². The Morgan fingerprint density at radius 2 is 2.22 bits per heavy atom. The first-order valence-corrected chi connectivity index (χ1v) is 2.85. The molecule has 0 aromatic carbocycles. The van der Waals surface area contributed by atoms with E-state index >= 15 is 0 Å². The highest BCUT2D eigenvalue weighted by Gasteiger charge is 1.88. The molecule has 1 radical (unpaired) electrons. The topological polar surface area (TPSA) is 29.5 Å². The molecule has 0 unspecified atom stereocenters. The molecule has 0 aliphatic heterocycles. The van der Waals surface area contributed by atoms with Crippen LogP contribution in [0.1, 0.15) is 0 Å². The number of hydrogen-bond acceptors (Lipinski definition) is 3. The minimum Gasteiger partial charge on any atom is -0.372 e. The van der Waals surface area contributed by atoms with Gasteiger partial charge >= 0.3 is 0 Å². The molecule has 53 valence electrons. The van der Waals surface area contributed by atoms with E-state index in [2.05, 4.69) is 0 Å². The van der Waals surface area contributed by atoms with E-state index in [1.165, 1.54) is 0 Å². The summed E-state index contributed by atoms with van der Waals surface area (Å²) in [5, 5.41) is 0. The van der Waals surface area contributed by atoms with Crippen molar-refractivity contribution in [3.8, 4) is 0 Å². The molecular weight excluding hydrogens is 118 g/mol. The van der Waals surface area contributed by atoms with Crippen molar-refractivity contribution < 1.29 is 9.53 Å². The Hall–Kier alpha value is -0.410.